The fourth-order valence-electron chi connectivity index (χ4n) is 2.14. The van der Waals surface area contributed by atoms with Gasteiger partial charge in [-0.05, 0) is 29.8 Å². The maximum absolute atomic E-state index is 11.1. The number of phenolic OH excluding ortho intramolecular Hbond substituents is 1. The molecule has 0 spiro atoms. The molecule has 3 aromatic rings. The van der Waals surface area contributed by atoms with Crippen LogP contribution in [-0.4, -0.2) is 25.6 Å². The number of nitrogens with zero attached hydrogens (tertiary/aromatic N) is 2. The zero-order valence-electron chi connectivity index (χ0n) is 10.5. The lowest BCUT2D eigenvalue weighted by atomic mass is 10.1. The first-order valence-corrected chi connectivity index (χ1v) is 6.12. The molecule has 2 heterocycles. The predicted molar refractivity (Wildman–Crippen MR) is 73.1 cm³/mol. The molecule has 0 atom stereocenters. The summed E-state index contributed by atoms with van der Waals surface area (Å²) in [6.45, 7) is 0. The summed E-state index contributed by atoms with van der Waals surface area (Å²) in [6.07, 6.45) is 2.31. The Morgan fingerprint density at radius 1 is 1.15 bits per heavy atom. The van der Waals surface area contributed by atoms with Gasteiger partial charge >= 0.3 is 5.97 Å². The second-order valence-electron chi connectivity index (χ2n) is 4.52. The summed E-state index contributed by atoms with van der Waals surface area (Å²) in [6, 6.07) is 11.9. The Kier molecular flexibility index (Phi) is 2.87. The van der Waals surface area contributed by atoms with Crippen LogP contribution in [0, 0.1) is 0 Å². The van der Waals surface area contributed by atoms with E-state index in [1.807, 2.05) is 12.1 Å². The van der Waals surface area contributed by atoms with E-state index in [1.165, 1.54) is 0 Å². The van der Waals surface area contributed by atoms with Gasteiger partial charge in [0, 0.05) is 12.6 Å². The van der Waals surface area contributed by atoms with Crippen LogP contribution < -0.4 is 0 Å². The molecule has 100 valence electrons. The summed E-state index contributed by atoms with van der Waals surface area (Å²) >= 11 is 0. The number of pyridine rings is 1. The predicted octanol–water partition coefficient (Wildman–Crippen LogP) is 2.33. The Bertz CT molecular complexity index is 775. The summed E-state index contributed by atoms with van der Waals surface area (Å²) in [5.41, 5.74) is 2.58. The van der Waals surface area contributed by atoms with Crippen LogP contribution >= 0.6 is 0 Å². The SMILES string of the molecule is O=C(O)c1cccc2nc(Cc3ccc(O)cc3)cn12. The van der Waals surface area contributed by atoms with Crippen LogP contribution in [0.25, 0.3) is 5.65 Å². The molecule has 0 amide bonds. The zero-order chi connectivity index (χ0) is 14.1. The van der Waals surface area contributed by atoms with Gasteiger partial charge < -0.3 is 10.2 Å². The van der Waals surface area contributed by atoms with Crippen molar-refractivity contribution in [2.75, 3.05) is 0 Å². The molecule has 2 aromatic heterocycles. The summed E-state index contributed by atoms with van der Waals surface area (Å²) < 4.78 is 1.57. The third-order valence-electron chi connectivity index (χ3n) is 3.08. The van der Waals surface area contributed by atoms with E-state index >= 15 is 0 Å². The van der Waals surface area contributed by atoms with Crippen LogP contribution in [0.3, 0.4) is 0 Å². The monoisotopic (exact) mass is 268 g/mol. The largest absolute Gasteiger partial charge is 0.508 e. The smallest absolute Gasteiger partial charge is 0.352 e. The molecule has 0 fully saturated rings. The number of carbonyl (C=O) groups is 1. The van der Waals surface area contributed by atoms with Crippen molar-refractivity contribution in [1.29, 1.82) is 0 Å². The van der Waals surface area contributed by atoms with E-state index in [0.29, 0.717) is 12.1 Å². The number of phenols is 1. The van der Waals surface area contributed by atoms with Crippen molar-refractivity contribution in [3.63, 3.8) is 0 Å². The fourth-order valence-corrected chi connectivity index (χ4v) is 2.14. The van der Waals surface area contributed by atoms with Gasteiger partial charge in [-0.15, -0.1) is 0 Å². The number of fused-ring (bicyclic) bond motifs is 1. The molecule has 0 aliphatic carbocycles. The van der Waals surface area contributed by atoms with Crippen molar-refractivity contribution >= 4 is 11.6 Å². The summed E-state index contributed by atoms with van der Waals surface area (Å²) in [5, 5.41) is 18.4. The highest BCUT2D eigenvalue weighted by Gasteiger charge is 2.10. The number of aromatic nitrogens is 2. The molecular formula is C15H12N2O3. The number of rotatable bonds is 3. The highest BCUT2D eigenvalue weighted by molar-refractivity contribution is 5.86. The quantitative estimate of drug-likeness (QED) is 0.764. The molecule has 0 saturated heterocycles. The molecule has 20 heavy (non-hydrogen) atoms. The Hall–Kier alpha value is -2.82. The first kappa shape index (κ1) is 12.2. The summed E-state index contributed by atoms with van der Waals surface area (Å²) in [4.78, 5) is 15.6. The molecule has 0 bridgehead atoms. The Labute approximate surface area is 114 Å². The van der Waals surface area contributed by atoms with Gasteiger partial charge in [-0.1, -0.05) is 18.2 Å². The average Bonchev–Trinajstić information content (AvgIpc) is 2.83. The Morgan fingerprint density at radius 3 is 2.60 bits per heavy atom. The minimum absolute atomic E-state index is 0.187. The fraction of sp³-hybridized carbons (Fsp3) is 0.0667. The first-order valence-electron chi connectivity index (χ1n) is 6.12. The molecule has 5 heteroatoms. The van der Waals surface area contributed by atoms with E-state index < -0.39 is 5.97 Å². The van der Waals surface area contributed by atoms with Gasteiger partial charge in [0.1, 0.15) is 17.1 Å². The molecule has 2 N–H and O–H groups in total. The van der Waals surface area contributed by atoms with Crippen LogP contribution in [0.5, 0.6) is 5.75 Å². The van der Waals surface area contributed by atoms with Crippen molar-refractivity contribution < 1.29 is 15.0 Å². The molecular weight excluding hydrogens is 256 g/mol. The van der Waals surface area contributed by atoms with E-state index in [0.717, 1.165) is 11.3 Å². The number of hydrogen-bond acceptors (Lipinski definition) is 3. The van der Waals surface area contributed by atoms with Crippen molar-refractivity contribution in [3.8, 4) is 5.75 Å². The van der Waals surface area contributed by atoms with Gasteiger partial charge in [0.25, 0.3) is 0 Å². The maximum Gasteiger partial charge on any atom is 0.352 e. The highest BCUT2D eigenvalue weighted by atomic mass is 16.4. The third kappa shape index (κ3) is 2.21. The van der Waals surface area contributed by atoms with E-state index in [1.54, 1.807) is 40.9 Å². The number of benzene rings is 1. The first-order chi connectivity index (χ1) is 9.63. The standard InChI is InChI=1S/C15H12N2O3/c18-12-6-4-10(5-7-12)8-11-9-17-13(15(19)20)2-1-3-14(17)16-11/h1-7,9,18H,8H2,(H,19,20). The number of hydrogen-bond donors (Lipinski definition) is 2. The van der Waals surface area contributed by atoms with Crippen LogP contribution in [0.1, 0.15) is 21.7 Å². The second-order valence-corrected chi connectivity index (χ2v) is 4.52. The molecule has 5 nitrogen and oxygen atoms in total. The topological polar surface area (TPSA) is 74.8 Å². The lowest BCUT2D eigenvalue weighted by molar-refractivity contribution is 0.0689. The van der Waals surface area contributed by atoms with Crippen LogP contribution in [0.4, 0.5) is 0 Å². The van der Waals surface area contributed by atoms with E-state index in [2.05, 4.69) is 4.98 Å². The number of carboxylic acids is 1. The third-order valence-corrected chi connectivity index (χ3v) is 3.08. The number of aromatic carboxylic acids is 1. The molecule has 0 aliphatic rings. The van der Waals surface area contributed by atoms with Gasteiger partial charge in [0.2, 0.25) is 0 Å². The maximum atomic E-state index is 11.1. The zero-order valence-corrected chi connectivity index (χ0v) is 10.5. The molecule has 0 unspecified atom stereocenters. The van der Waals surface area contributed by atoms with Gasteiger partial charge in [-0.3, -0.25) is 4.40 Å². The molecule has 0 radical (unpaired) electrons. The molecule has 1 aromatic carbocycles. The molecule has 0 saturated carbocycles. The Morgan fingerprint density at radius 2 is 1.90 bits per heavy atom. The molecule has 3 rings (SSSR count). The van der Waals surface area contributed by atoms with E-state index in [-0.39, 0.29) is 11.4 Å². The van der Waals surface area contributed by atoms with Gasteiger partial charge in [0.05, 0.1) is 5.69 Å². The normalized spacial score (nSPS) is 10.8. The van der Waals surface area contributed by atoms with Crippen molar-refractivity contribution in [2.45, 2.75) is 6.42 Å². The minimum atomic E-state index is -0.982. The van der Waals surface area contributed by atoms with Crippen molar-refractivity contribution in [2.24, 2.45) is 0 Å². The highest BCUT2D eigenvalue weighted by Crippen LogP contribution is 2.15. The van der Waals surface area contributed by atoms with Gasteiger partial charge in [0.15, 0.2) is 0 Å². The van der Waals surface area contributed by atoms with Crippen molar-refractivity contribution in [1.82, 2.24) is 9.38 Å². The van der Waals surface area contributed by atoms with Gasteiger partial charge in [-0.2, -0.15) is 0 Å². The molecule has 0 aliphatic heterocycles. The number of imidazole rings is 1. The van der Waals surface area contributed by atoms with Crippen LogP contribution in [0.2, 0.25) is 0 Å². The summed E-state index contributed by atoms with van der Waals surface area (Å²) in [5.74, 6) is -0.763. The second kappa shape index (κ2) is 4.70. The van der Waals surface area contributed by atoms with E-state index in [4.69, 9.17) is 5.11 Å². The number of carboxylic acid groups (broad SMARTS) is 1. The minimum Gasteiger partial charge on any atom is -0.508 e. The Balaban J connectivity index is 1.99. The van der Waals surface area contributed by atoms with Crippen LogP contribution in [0.15, 0.2) is 48.7 Å². The number of aromatic hydroxyl groups is 1. The van der Waals surface area contributed by atoms with Gasteiger partial charge in [-0.25, -0.2) is 9.78 Å². The lowest BCUT2D eigenvalue weighted by Crippen LogP contribution is -2.03. The van der Waals surface area contributed by atoms with Crippen molar-refractivity contribution in [3.05, 3.63) is 65.6 Å². The average molecular weight is 268 g/mol. The van der Waals surface area contributed by atoms with E-state index in [9.17, 15) is 9.90 Å². The lowest BCUT2D eigenvalue weighted by Gasteiger charge is -1.98. The summed E-state index contributed by atoms with van der Waals surface area (Å²) in [7, 11) is 0. The van der Waals surface area contributed by atoms with Crippen LogP contribution in [-0.2, 0) is 6.42 Å².